The van der Waals surface area contributed by atoms with Crippen molar-refractivity contribution in [1.82, 2.24) is 30.4 Å². The van der Waals surface area contributed by atoms with E-state index in [-0.39, 0.29) is 12.1 Å². The summed E-state index contributed by atoms with van der Waals surface area (Å²) >= 11 is 0. The Morgan fingerprint density at radius 2 is 1.96 bits per heavy atom. The third-order valence-electron chi connectivity index (χ3n) is 4.26. The minimum atomic E-state index is 0.00360. The molecule has 8 heteroatoms. The van der Waals surface area contributed by atoms with Crippen molar-refractivity contribution >= 4 is 5.95 Å². The van der Waals surface area contributed by atoms with E-state index in [4.69, 9.17) is 9.72 Å². The molecule has 0 bridgehead atoms. The second kappa shape index (κ2) is 6.57. The molecular formula is C15H23N7O. The van der Waals surface area contributed by atoms with Crippen LogP contribution in [0.25, 0.3) is 0 Å². The summed E-state index contributed by atoms with van der Waals surface area (Å²) in [5.74, 6) is 2.18. The van der Waals surface area contributed by atoms with E-state index < -0.39 is 0 Å². The number of ether oxygens (including phenoxy) is 1. The Morgan fingerprint density at radius 1 is 1.17 bits per heavy atom. The van der Waals surface area contributed by atoms with Gasteiger partial charge in [-0.05, 0) is 19.8 Å². The zero-order valence-corrected chi connectivity index (χ0v) is 14.1. The molecule has 0 saturated carbocycles. The molecule has 1 aliphatic heterocycles. The number of aromatic amines is 1. The molecule has 0 radical (unpaired) electrons. The summed E-state index contributed by atoms with van der Waals surface area (Å²) in [6.07, 6.45) is 2.61. The van der Waals surface area contributed by atoms with Gasteiger partial charge < -0.3 is 9.64 Å². The SMILES string of the molecule is CCc1nnc(N2C[C@H](OC)C[C@H]2c2n[nH]c(C)n2)nc1CC. The predicted octanol–water partition coefficient (Wildman–Crippen LogP) is 1.39. The van der Waals surface area contributed by atoms with Gasteiger partial charge in [-0.3, -0.25) is 5.10 Å². The largest absolute Gasteiger partial charge is 0.380 e. The molecule has 0 aromatic carbocycles. The first kappa shape index (κ1) is 15.8. The second-order valence-electron chi connectivity index (χ2n) is 5.75. The maximum absolute atomic E-state index is 5.54. The Labute approximate surface area is 135 Å². The van der Waals surface area contributed by atoms with Crippen LogP contribution in [0.3, 0.4) is 0 Å². The van der Waals surface area contributed by atoms with Gasteiger partial charge in [0.25, 0.3) is 0 Å². The standard InChI is InChI=1S/C15H23N7O/c1-5-11-12(6-2)19-21-15(17-11)22-8-10(23-4)7-13(22)14-16-9(3)18-20-14/h10,13H,5-8H2,1-4H3,(H,16,18,20)/t10-,13+/m1/s1. The normalized spacial score (nSPS) is 21.1. The van der Waals surface area contributed by atoms with Crippen molar-refractivity contribution in [1.29, 1.82) is 0 Å². The van der Waals surface area contributed by atoms with E-state index in [9.17, 15) is 0 Å². The molecule has 1 fully saturated rings. The molecule has 23 heavy (non-hydrogen) atoms. The van der Waals surface area contributed by atoms with Gasteiger partial charge in [-0.2, -0.15) is 10.2 Å². The molecule has 0 unspecified atom stereocenters. The Morgan fingerprint density at radius 3 is 2.57 bits per heavy atom. The summed E-state index contributed by atoms with van der Waals surface area (Å²) in [5, 5.41) is 15.9. The number of anilines is 1. The third-order valence-corrected chi connectivity index (χ3v) is 4.26. The molecule has 8 nitrogen and oxygen atoms in total. The van der Waals surface area contributed by atoms with Crippen LogP contribution in [0.5, 0.6) is 0 Å². The van der Waals surface area contributed by atoms with Gasteiger partial charge in [-0.25, -0.2) is 9.97 Å². The highest BCUT2D eigenvalue weighted by atomic mass is 16.5. The fourth-order valence-corrected chi connectivity index (χ4v) is 2.99. The fourth-order valence-electron chi connectivity index (χ4n) is 2.99. The van der Waals surface area contributed by atoms with Gasteiger partial charge >= 0.3 is 0 Å². The number of aryl methyl sites for hydroxylation is 3. The van der Waals surface area contributed by atoms with E-state index in [1.54, 1.807) is 7.11 Å². The number of methoxy groups -OCH3 is 1. The first-order chi connectivity index (χ1) is 11.2. The number of rotatable bonds is 5. The topological polar surface area (TPSA) is 92.7 Å². The number of H-pyrrole nitrogens is 1. The van der Waals surface area contributed by atoms with Crippen molar-refractivity contribution in [3.8, 4) is 0 Å². The van der Waals surface area contributed by atoms with Gasteiger partial charge in [0, 0.05) is 20.1 Å². The van der Waals surface area contributed by atoms with E-state index in [0.717, 1.165) is 42.3 Å². The lowest BCUT2D eigenvalue weighted by Crippen LogP contribution is -2.28. The zero-order valence-electron chi connectivity index (χ0n) is 14.1. The van der Waals surface area contributed by atoms with Crippen molar-refractivity contribution < 1.29 is 4.74 Å². The quantitative estimate of drug-likeness (QED) is 0.890. The first-order valence-electron chi connectivity index (χ1n) is 8.07. The molecule has 1 aliphatic rings. The van der Waals surface area contributed by atoms with Gasteiger partial charge in [0.1, 0.15) is 5.82 Å². The van der Waals surface area contributed by atoms with Crippen LogP contribution < -0.4 is 4.90 Å². The summed E-state index contributed by atoms with van der Waals surface area (Å²) in [4.78, 5) is 11.3. The Balaban J connectivity index is 1.95. The van der Waals surface area contributed by atoms with Crippen LogP contribution in [0.2, 0.25) is 0 Å². The third kappa shape index (κ3) is 3.03. The molecule has 2 atom stereocenters. The molecule has 0 spiro atoms. The summed E-state index contributed by atoms with van der Waals surface area (Å²) in [6, 6.07) is 0.00360. The van der Waals surface area contributed by atoms with Crippen LogP contribution in [-0.4, -0.2) is 50.1 Å². The predicted molar refractivity (Wildman–Crippen MR) is 85.2 cm³/mol. The Kier molecular flexibility index (Phi) is 4.51. The minimum absolute atomic E-state index is 0.00360. The molecule has 1 saturated heterocycles. The summed E-state index contributed by atoms with van der Waals surface area (Å²) in [6.45, 7) is 6.77. The van der Waals surface area contributed by atoms with E-state index in [1.807, 2.05) is 6.92 Å². The highest BCUT2D eigenvalue weighted by molar-refractivity contribution is 5.36. The number of aromatic nitrogens is 6. The van der Waals surface area contributed by atoms with Crippen LogP contribution >= 0.6 is 0 Å². The van der Waals surface area contributed by atoms with E-state index in [1.165, 1.54) is 0 Å². The molecule has 2 aromatic rings. The van der Waals surface area contributed by atoms with Crippen molar-refractivity contribution in [3.05, 3.63) is 23.0 Å². The zero-order chi connectivity index (χ0) is 16.4. The maximum atomic E-state index is 5.54. The molecule has 3 rings (SSSR count). The van der Waals surface area contributed by atoms with Crippen molar-refractivity contribution in [2.24, 2.45) is 0 Å². The maximum Gasteiger partial charge on any atom is 0.246 e. The van der Waals surface area contributed by atoms with Gasteiger partial charge in [0.2, 0.25) is 5.95 Å². The van der Waals surface area contributed by atoms with Crippen molar-refractivity contribution in [2.45, 2.75) is 52.2 Å². The van der Waals surface area contributed by atoms with Gasteiger partial charge in [-0.1, -0.05) is 13.8 Å². The van der Waals surface area contributed by atoms with Gasteiger partial charge in [-0.15, -0.1) is 5.10 Å². The van der Waals surface area contributed by atoms with Crippen molar-refractivity contribution in [3.63, 3.8) is 0 Å². The van der Waals surface area contributed by atoms with E-state index in [0.29, 0.717) is 12.5 Å². The van der Waals surface area contributed by atoms with Crippen LogP contribution in [0.1, 0.15) is 49.3 Å². The smallest absolute Gasteiger partial charge is 0.246 e. The lowest BCUT2D eigenvalue weighted by molar-refractivity contribution is 0.118. The number of hydrogen-bond acceptors (Lipinski definition) is 7. The van der Waals surface area contributed by atoms with E-state index >= 15 is 0 Å². The lowest BCUT2D eigenvalue weighted by atomic mass is 10.2. The van der Waals surface area contributed by atoms with Crippen LogP contribution in [0.15, 0.2) is 0 Å². The number of hydrogen-bond donors (Lipinski definition) is 1. The molecule has 1 N–H and O–H groups in total. The van der Waals surface area contributed by atoms with Gasteiger partial charge in [0.05, 0.1) is 23.5 Å². The van der Waals surface area contributed by atoms with Gasteiger partial charge in [0.15, 0.2) is 5.82 Å². The Hall–Kier alpha value is -2.09. The number of nitrogens with one attached hydrogen (secondary N) is 1. The fraction of sp³-hybridized carbons (Fsp3) is 0.667. The first-order valence-corrected chi connectivity index (χ1v) is 8.07. The highest BCUT2D eigenvalue weighted by Gasteiger charge is 2.37. The molecule has 124 valence electrons. The molecule has 0 amide bonds. The molecular weight excluding hydrogens is 294 g/mol. The summed E-state index contributed by atoms with van der Waals surface area (Å²) in [7, 11) is 1.73. The van der Waals surface area contributed by atoms with Crippen LogP contribution in [0, 0.1) is 6.92 Å². The second-order valence-corrected chi connectivity index (χ2v) is 5.75. The van der Waals surface area contributed by atoms with Crippen LogP contribution in [-0.2, 0) is 17.6 Å². The summed E-state index contributed by atoms with van der Waals surface area (Å²) < 4.78 is 5.54. The number of nitrogens with zero attached hydrogens (tertiary/aromatic N) is 6. The average molecular weight is 317 g/mol. The van der Waals surface area contributed by atoms with Crippen LogP contribution in [0.4, 0.5) is 5.95 Å². The minimum Gasteiger partial charge on any atom is -0.380 e. The lowest BCUT2D eigenvalue weighted by Gasteiger charge is -2.22. The molecule has 0 aliphatic carbocycles. The monoisotopic (exact) mass is 317 g/mol. The highest BCUT2D eigenvalue weighted by Crippen LogP contribution is 2.34. The summed E-state index contributed by atoms with van der Waals surface area (Å²) in [5.41, 5.74) is 1.97. The van der Waals surface area contributed by atoms with Crippen molar-refractivity contribution in [2.75, 3.05) is 18.6 Å². The molecule has 3 heterocycles. The average Bonchev–Trinajstić information content (AvgIpc) is 3.20. The molecule has 2 aromatic heterocycles. The van der Waals surface area contributed by atoms with E-state index in [2.05, 4.69) is 44.1 Å². The Bertz CT molecular complexity index is 672.